The van der Waals surface area contributed by atoms with E-state index in [0.29, 0.717) is 18.1 Å². The van der Waals surface area contributed by atoms with Crippen LogP contribution in [0.4, 0.5) is 0 Å². The minimum Gasteiger partial charge on any atom is -0.458 e. The van der Waals surface area contributed by atoms with Crippen molar-refractivity contribution in [2.45, 2.75) is 32.1 Å². The molecule has 3 aromatic carbocycles. The number of hydrogen-bond donors (Lipinski definition) is 0. The van der Waals surface area contributed by atoms with Crippen molar-refractivity contribution in [2.75, 3.05) is 6.61 Å². The van der Waals surface area contributed by atoms with E-state index in [1.165, 1.54) is 42.7 Å². The van der Waals surface area contributed by atoms with Crippen molar-refractivity contribution in [1.29, 1.82) is 0 Å². The molecule has 0 atom stereocenters. The Labute approximate surface area is 186 Å². The highest BCUT2D eigenvalue weighted by Crippen LogP contribution is 2.34. The molecule has 3 heteroatoms. The monoisotopic (exact) mass is 428 g/mol. The molecule has 4 rings (SSSR count). The molecule has 1 aliphatic carbocycles. The fourth-order valence-corrected chi connectivity index (χ4v) is 6.64. The highest BCUT2D eigenvalue weighted by atomic mass is 31.1. The van der Waals surface area contributed by atoms with Gasteiger partial charge in [-0.25, -0.2) is 4.79 Å². The van der Waals surface area contributed by atoms with Crippen LogP contribution in [0.3, 0.4) is 0 Å². The predicted molar refractivity (Wildman–Crippen MR) is 131 cm³/mol. The van der Waals surface area contributed by atoms with E-state index in [1.807, 2.05) is 36.4 Å². The Balaban J connectivity index is 1.56. The van der Waals surface area contributed by atoms with Gasteiger partial charge in [-0.1, -0.05) is 110 Å². The molecule has 0 amide bonds. The number of esters is 1. The number of allylic oxidation sites excluding steroid dienone is 1. The van der Waals surface area contributed by atoms with Crippen LogP contribution in [-0.4, -0.2) is 12.6 Å². The first-order valence-corrected chi connectivity index (χ1v) is 12.5. The second-order valence-electron chi connectivity index (χ2n) is 7.95. The van der Waals surface area contributed by atoms with Crippen molar-refractivity contribution in [3.63, 3.8) is 0 Å². The Bertz CT molecular complexity index is 952. The van der Waals surface area contributed by atoms with E-state index in [-0.39, 0.29) is 5.97 Å². The summed E-state index contributed by atoms with van der Waals surface area (Å²) in [5.74, 6) is 0.395. The average molecular weight is 429 g/mol. The van der Waals surface area contributed by atoms with Gasteiger partial charge in [-0.15, -0.1) is 0 Å². The zero-order valence-electron chi connectivity index (χ0n) is 17.8. The molecule has 0 radical (unpaired) electrons. The van der Waals surface area contributed by atoms with Gasteiger partial charge in [-0.3, -0.25) is 0 Å². The van der Waals surface area contributed by atoms with Crippen LogP contribution >= 0.6 is 7.92 Å². The summed E-state index contributed by atoms with van der Waals surface area (Å²) in [5.41, 5.74) is 0.660. The van der Waals surface area contributed by atoms with Gasteiger partial charge in [-0.05, 0) is 48.7 Å². The van der Waals surface area contributed by atoms with Crippen molar-refractivity contribution in [2.24, 2.45) is 5.92 Å². The molecule has 0 spiro atoms. The van der Waals surface area contributed by atoms with E-state index in [9.17, 15) is 4.79 Å². The van der Waals surface area contributed by atoms with E-state index < -0.39 is 7.92 Å². The van der Waals surface area contributed by atoms with Crippen LogP contribution in [0.25, 0.3) is 0 Å². The normalized spacial score (nSPS) is 14.7. The van der Waals surface area contributed by atoms with Crippen LogP contribution in [0.2, 0.25) is 0 Å². The molecule has 0 unspecified atom stereocenters. The molecule has 158 valence electrons. The van der Waals surface area contributed by atoms with Gasteiger partial charge in [-0.2, -0.15) is 0 Å². The number of rotatable bonds is 7. The molecular formula is C28H29O2P. The quantitative estimate of drug-likeness (QED) is 0.273. The largest absolute Gasteiger partial charge is 0.458 e. The van der Waals surface area contributed by atoms with E-state index in [2.05, 4.69) is 60.7 Å². The summed E-state index contributed by atoms with van der Waals surface area (Å²) in [6.07, 6.45) is 10.7. The SMILES string of the molecule is O=C(OC/C=C/C1CCCCC1)c1ccccc1P(c1ccccc1)c1ccccc1. The first-order valence-electron chi connectivity index (χ1n) is 11.2. The minimum atomic E-state index is -0.847. The van der Waals surface area contributed by atoms with Gasteiger partial charge in [0.2, 0.25) is 0 Å². The summed E-state index contributed by atoms with van der Waals surface area (Å²) < 4.78 is 5.67. The van der Waals surface area contributed by atoms with Crippen molar-refractivity contribution in [3.05, 3.63) is 103 Å². The second-order valence-corrected chi connectivity index (χ2v) is 10.1. The molecule has 1 fully saturated rings. The summed E-state index contributed by atoms with van der Waals surface area (Å²) in [7, 11) is -0.847. The maximum absolute atomic E-state index is 13.0. The molecule has 0 bridgehead atoms. The van der Waals surface area contributed by atoms with Crippen LogP contribution in [0.1, 0.15) is 42.5 Å². The van der Waals surface area contributed by atoms with Gasteiger partial charge in [0.25, 0.3) is 0 Å². The summed E-state index contributed by atoms with van der Waals surface area (Å²) in [4.78, 5) is 13.0. The van der Waals surface area contributed by atoms with Crippen molar-refractivity contribution in [3.8, 4) is 0 Å². The topological polar surface area (TPSA) is 26.3 Å². The molecule has 0 N–H and O–H groups in total. The lowest BCUT2D eigenvalue weighted by Crippen LogP contribution is -2.25. The van der Waals surface area contributed by atoms with Crippen LogP contribution < -0.4 is 15.9 Å². The number of hydrogen-bond acceptors (Lipinski definition) is 2. The standard InChI is InChI=1S/C28H29O2P/c29-28(30-22-12-15-23-13-4-1-5-14-23)26-20-10-11-21-27(26)31(24-16-6-2-7-17-24)25-18-8-3-9-19-25/h2-3,6-12,15-21,23H,1,4-5,13-14,22H2/b15-12+. The van der Waals surface area contributed by atoms with Crippen LogP contribution in [0, 0.1) is 5.92 Å². The second kappa shape index (κ2) is 11.1. The molecule has 0 aliphatic heterocycles. The molecule has 3 aromatic rings. The summed E-state index contributed by atoms with van der Waals surface area (Å²) in [6, 6.07) is 28.8. The van der Waals surface area contributed by atoms with Crippen LogP contribution in [0.5, 0.6) is 0 Å². The maximum atomic E-state index is 13.0. The number of ether oxygens (including phenoxy) is 1. The molecule has 0 aromatic heterocycles. The third kappa shape index (κ3) is 5.71. The zero-order chi connectivity index (χ0) is 21.3. The molecular weight excluding hydrogens is 399 g/mol. The Morgan fingerprint density at radius 2 is 1.39 bits per heavy atom. The molecule has 1 saturated carbocycles. The first-order chi connectivity index (χ1) is 15.3. The highest BCUT2D eigenvalue weighted by Gasteiger charge is 2.22. The third-order valence-electron chi connectivity index (χ3n) is 5.76. The summed E-state index contributed by atoms with van der Waals surface area (Å²) in [5, 5.41) is 3.48. The fourth-order valence-electron chi connectivity index (χ4n) is 4.20. The van der Waals surface area contributed by atoms with Crippen molar-refractivity contribution in [1.82, 2.24) is 0 Å². The van der Waals surface area contributed by atoms with Gasteiger partial charge in [0.15, 0.2) is 0 Å². The molecule has 0 saturated heterocycles. The van der Waals surface area contributed by atoms with E-state index in [1.54, 1.807) is 0 Å². The third-order valence-corrected chi connectivity index (χ3v) is 8.26. The Morgan fingerprint density at radius 1 is 0.806 bits per heavy atom. The molecule has 1 aliphatic rings. The van der Waals surface area contributed by atoms with E-state index in [4.69, 9.17) is 4.74 Å². The van der Waals surface area contributed by atoms with Gasteiger partial charge >= 0.3 is 5.97 Å². The number of benzene rings is 3. The molecule has 2 nitrogen and oxygen atoms in total. The highest BCUT2D eigenvalue weighted by molar-refractivity contribution is 7.80. The van der Waals surface area contributed by atoms with Crippen molar-refractivity contribution < 1.29 is 9.53 Å². The average Bonchev–Trinajstić information content (AvgIpc) is 2.84. The van der Waals surface area contributed by atoms with E-state index >= 15 is 0 Å². The smallest absolute Gasteiger partial charge is 0.339 e. The minimum absolute atomic E-state index is 0.247. The Morgan fingerprint density at radius 3 is 2.03 bits per heavy atom. The summed E-state index contributed by atoms with van der Waals surface area (Å²) in [6.45, 7) is 0.332. The van der Waals surface area contributed by atoms with Gasteiger partial charge in [0, 0.05) is 0 Å². The fraction of sp³-hybridized carbons (Fsp3) is 0.250. The molecule has 0 heterocycles. The Kier molecular flexibility index (Phi) is 7.69. The van der Waals surface area contributed by atoms with Crippen LogP contribution in [-0.2, 0) is 4.74 Å². The lowest BCUT2D eigenvalue weighted by molar-refractivity contribution is 0.0550. The number of carbonyl (C=O) groups is 1. The maximum Gasteiger partial charge on any atom is 0.339 e. The van der Waals surface area contributed by atoms with Gasteiger partial charge < -0.3 is 4.74 Å². The summed E-state index contributed by atoms with van der Waals surface area (Å²) >= 11 is 0. The van der Waals surface area contributed by atoms with Crippen molar-refractivity contribution >= 4 is 29.8 Å². The van der Waals surface area contributed by atoms with Gasteiger partial charge in [0.1, 0.15) is 6.61 Å². The van der Waals surface area contributed by atoms with Gasteiger partial charge in [0.05, 0.1) is 5.56 Å². The zero-order valence-corrected chi connectivity index (χ0v) is 18.7. The lowest BCUT2D eigenvalue weighted by atomic mass is 9.89. The first kappa shape index (κ1) is 21.5. The lowest BCUT2D eigenvalue weighted by Gasteiger charge is -2.21. The molecule has 31 heavy (non-hydrogen) atoms. The Hall–Kier alpha value is -2.70. The predicted octanol–water partition coefficient (Wildman–Crippen LogP) is 5.74. The number of carbonyl (C=O) groups excluding carboxylic acids is 1. The van der Waals surface area contributed by atoms with Crippen LogP contribution in [0.15, 0.2) is 97.1 Å². The van der Waals surface area contributed by atoms with E-state index in [0.717, 1.165) is 5.30 Å².